The summed E-state index contributed by atoms with van der Waals surface area (Å²) >= 11 is 4.87. The first-order valence-corrected chi connectivity index (χ1v) is 7.13. The second-order valence-electron chi connectivity index (χ2n) is 4.86. The van der Waals surface area contributed by atoms with Crippen molar-refractivity contribution in [2.45, 2.75) is 59.0 Å². The van der Waals surface area contributed by atoms with Crippen molar-refractivity contribution in [2.24, 2.45) is 5.73 Å². The minimum Gasteiger partial charge on any atom is -0.393 e. The summed E-state index contributed by atoms with van der Waals surface area (Å²) in [6.07, 6.45) is 2.60. The number of nitrogens with one attached hydrogen (secondary N) is 1. The zero-order valence-corrected chi connectivity index (χ0v) is 12.8. The van der Waals surface area contributed by atoms with Gasteiger partial charge < -0.3 is 11.1 Å². The number of nitrogens with zero attached hydrogens (tertiary/aromatic N) is 1. The van der Waals surface area contributed by atoms with Gasteiger partial charge in [0.25, 0.3) is 0 Å². The lowest BCUT2D eigenvalue weighted by Gasteiger charge is -2.26. The lowest BCUT2D eigenvalue weighted by molar-refractivity contribution is -0.123. The van der Waals surface area contributed by atoms with Crippen molar-refractivity contribution in [2.75, 3.05) is 13.1 Å². The summed E-state index contributed by atoms with van der Waals surface area (Å²) < 4.78 is 0. The molecular weight excluding hydrogens is 246 g/mol. The van der Waals surface area contributed by atoms with Crippen LogP contribution in [0.5, 0.6) is 0 Å². The molecule has 106 valence electrons. The minimum atomic E-state index is 0.0836. The fourth-order valence-corrected chi connectivity index (χ4v) is 1.82. The molecule has 4 nitrogen and oxygen atoms in total. The van der Waals surface area contributed by atoms with Gasteiger partial charge in [0.2, 0.25) is 5.91 Å². The van der Waals surface area contributed by atoms with Gasteiger partial charge in [-0.3, -0.25) is 9.69 Å². The maximum Gasteiger partial charge on any atom is 0.234 e. The van der Waals surface area contributed by atoms with Crippen LogP contribution in [0.1, 0.15) is 47.0 Å². The molecule has 0 radical (unpaired) electrons. The molecule has 0 bridgehead atoms. The van der Waals surface area contributed by atoms with Crippen molar-refractivity contribution >= 4 is 23.1 Å². The number of hydrogen-bond acceptors (Lipinski definition) is 3. The third-order valence-electron chi connectivity index (χ3n) is 3.07. The highest BCUT2D eigenvalue weighted by Gasteiger charge is 2.15. The molecular formula is C13H27N3OS. The lowest BCUT2D eigenvalue weighted by Crippen LogP contribution is -2.44. The second-order valence-corrected chi connectivity index (χ2v) is 5.39. The number of hydrogen-bond donors (Lipinski definition) is 2. The molecule has 0 aliphatic carbocycles. The van der Waals surface area contributed by atoms with E-state index < -0.39 is 0 Å². The van der Waals surface area contributed by atoms with Crippen LogP contribution >= 0.6 is 12.2 Å². The zero-order valence-electron chi connectivity index (χ0n) is 12.0. The Morgan fingerprint density at radius 1 is 1.33 bits per heavy atom. The van der Waals surface area contributed by atoms with Gasteiger partial charge in [0.15, 0.2) is 0 Å². The van der Waals surface area contributed by atoms with Crippen LogP contribution < -0.4 is 11.1 Å². The number of carbonyl (C=O) groups is 1. The second kappa shape index (κ2) is 9.28. The van der Waals surface area contributed by atoms with Crippen molar-refractivity contribution in [1.29, 1.82) is 0 Å². The van der Waals surface area contributed by atoms with Crippen molar-refractivity contribution in [3.05, 3.63) is 0 Å². The summed E-state index contributed by atoms with van der Waals surface area (Å²) in [7, 11) is 0. The Balaban J connectivity index is 4.22. The highest BCUT2D eigenvalue weighted by Crippen LogP contribution is 2.01. The summed E-state index contributed by atoms with van der Waals surface area (Å²) in [5.41, 5.74) is 5.50. The van der Waals surface area contributed by atoms with E-state index in [1.807, 2.05) is 0 Å². The van der Waals surface area contributed by atoms with Gasteiger partial charge in [0, 0.05) is 25.0 Å². The van der Waals surface area contributed by atoms with Crippen LogP contribution in [0.2, 0.25) is 0 Å². The van der Waals surface area contributed by atoms with Crippen molar-refractivity contribution in [1.82, 2.24) is 10.2 Å². The molecule has 3 N–H and O–H groups in total. The maximum atomic E-state index is 11.9. The Morgan fingerprint density at radius 3 is 2.28 bits per heavy atom. The molecule has 0 saturated carbocycles. The minimum absolute atomic E-state index is 0.0836. The molecule has 0 aliphatic heterocycles. The van der Waals surface area contributed by atoms with Gasteiger partial charge in [-0.15, -0.1) is 0 Å². The number of amides is 1. The summed E-state index contributed by atoms with van der Waals surface area (Å²) in [6, 6.07) is 0.592. The van der Waals surface area contributed by atoms with Gasteiger partial charge in [0.1, 0.15) is 0 Å². The largest absolute Gasteiger partial charge is 0.393 e. The average molecular weight is 273 g/mol. The molecule has 0 unspecified atom stereocenters. The topological polar surface area (TPSA) is 58.4 Å². The monoisotopic (exact) mass is 273 g/mol. The van der Waals surface area contributed by atoms with E-state index in [1.54, 1.807) is 0 Å². The predicted octanol–water partition coefficient (Wildman–Crippen LogP) is 1.68. The van der Waals surface area contributed by atoms with Crippen molar-refractivity contribution in [3.63, 3.8) is 0 Å². The zero-order chi connectivity index (χ0) is 14.1. The Hall–Kier alpha value is -0.680. The summed E-state index contributed by atoms with van der Waals surface area (Å²) in [5.74, 6) is 0.0836. The van der Waals surface area contributed by atoms with Crippen LogP contribution in [0.3, 0.4) is 0 Å². The molecule has 0 rings (SSSR count). The number of carbonyl (C=O) groups excluding carboxylic acids is 1. The highest BCUT2D eigenvalue weighted by atomic mass is 32.1. The normalized spacial score (nSPS) is 11.3. The quantitative estimate of drug-likeness (QED) is 0.628. The van der Waals surface area contributed by atoms with Gasteiger partial charge in [0.05, 0.1) is 11.5 Å². The molecule has 0 spiro atoms. The molecule has 0 aromatic carbocycles. The molecule has 0 atom stereocenters. The smallest absolute Gasteiger partial charge is 0.234 e. The molecule has 0 aliphatic rings. The number of thiocarbonyl (C=S) groups is 1. The Kier molecular flexibility index (Phi) is 8.93. The van der Waals surface area contributed by atoms with Gasteiger partial charge in [-0.05, 0) is 26.7 Å². The fraction of sp³-hybridized carbons (Fsp3) is 0.846. The van der Waals surface area contributed by atoms with Crippen LogP contribution in [0.15, 0.2) is 0 Å². The van der Waals surface area contributed by atoms with E-state index in [1.165, 1.54) is 0 Å². The number of nitrogens with two attached hydrogens (primary N) is 1. The van der Waals surface area contributed by atoms with Crippen molar-refractivity contribution < 1.29 is 4.79 Å². The van der Waals surface area contributed by atoms with E-state index in [4.69, 9.17) is 18.0 Å². The predicted molar refractivity (Wildman–Crippen MR) is 80.6 cm³/mol. The fourth-order valence-electron chi connectivity index (χ4n) is 1.72. The maximum absolute atomic E-state index is 11.9. The first kappa shape index (κ1) is 17.3. The van der Waals surface area contributed by atoms with Crippen molar-refractivity contribution in [3.8, 4) is 0 Å². The molecule has 0 aromatic rings. The van der Waals surface area contributed by atoms with E-state index >= 15 is 0 Å². The van der Waals surface area contributed by atoms with E-state index in [0.29, 0.717) is 24.0 Å². The molecule has 18 heavy (non-hydrogen) atoms. The Morgan fingerprint density at radius 2 is 1.89 bits per heavy atom. The van der Waals surface area contributed by atoms with E-state index in [2.05, 4.69) is 37.9 Å². The third-order valence-corrected chi connectivity index (χ3v) is 3.28. The van der Waals surface area contributed by atoms with Crippen LogP contribution in [-0.4, -0.2) is 41.0 Å². The SMILES string of the molecule is CCC(CC)NC(=O)CN(CCC(N)=S)C(C)C. The Labute approximate surface area is 116 Å². The van der Waals surface area contributed by atoms with Crippen LogP contribution in [0, 0.1) is 0 Å². The first-order valence-electron chi connectivity index (χ1n) is 6.72. The van der Waals surface area contributed by atoms with E-state index in [-0.39, 0.29) is 11.9 Å². The molecule has 0 heterocycles. The third kappa shape index (κ3) is 7.61. The molecule has 0 fully saturated rings. The highest BCUT2D eigenvalue weighted by molar-refractivity contribution is 7.80. The standard InChI is InChI=1S/C13H27N3OS/c1-5-11(6-2)15-13(17)9-16(10(3)4)8-7-12(14)18/h10-11H,5-9H2,1-4H3,(H2,14,18)(H,15,17). The van der Waals surface area contributed by atoms with Crippen LogP contribution in [0.25, 0.3) is 0 Å². The van der Waals surface area contributed by atoms with Gasteiger partial charge in [-0.2, -0.15) is 0 Å². The van der Waals surface area contributed by atoms with Crippen LogP contribution in [-0.2, 0) is 4.79 Å². The molecule has 0 aromatic heterocycles. The van der Waals surface area contributed by atoms with E-state index in [0.717, 1.165) is 19.4 Å². The van der Waals surface area contributed by atoms with E-state index in [9.17, 15) is 4.79 Å². The molecule has 1 amide bonds. The lowest BCUT2D eigenvalue weighted by atomic mass is 10.1. The van der Waals surface area contributed by atoms with Crippen LogP contribution in [0.4, 0.5) is 0 Å². The summed E-state index contributed by atoms with van der Waals surface area (Å²) in [6.45, 7) is 9.47. The summed E-state index contributed by atoms with van der Waals surface area (Å²) in [4.78, 5) is 14.5. The molecule has 0 saturated heterocycles. The summed E-state index contributed by atoms with van der Waals surface area (Å²) in [5, 5.41) is 3.04. The van der Waals surface area contributed by atoms with Gasteiger partial charge in [-0.1, -0.05) is 26.1 Å². The Bertz CT molecular complexity index is 265. The number of rotatable bonds is 9. The molecule has 5 heteroatoms. The average Bonchev–Trinajstić information content (AvgIpc) is 2.30. The first-order chi connectivity index (χ1) is 8.40. The van der Waals surface area contributed by atoms with Gasteiger partial charge >= 0.3 is 0 Å². The van der Waals surface area contributed by atoms with Gasteiger partial charge in [-0.25, -0.2) is 0 Å².